The van der Waals surface area contributed by atoms with E-state index in [1.54, 1.807) is 43.5 Å². The Labute approximate surface area is 298 Å². The highest BCUT2D eigenvalue weighted by molar-refractivity contribution is 14.0. The molecule has 0 saturated carbocycles. The van der Waals surface area contributed by atoms with Crippen LogP contribution >= 0.6 is 24.0 Å². The molecule has 0 amide bonds. The first-order valence-corrected chi connectivity index (χ1v) is 14.8. The van der Waals surface area contributed by atoms with Crippen molar-refractivity contribution in [1.82, 2.24) is 0 Å². The summed E-state index contributed by atoms with van der Waals surface area (Å²) in [6, 6.07) is 22.6. The van der Waals surface area contributed by atoms with E-state index in [1.807, 2.05) is 52.0 Å². The van der Waals surface area contributed by atoms with E-state index in [9.17, 15) is 13.8 Å². The maximum atomic E-state index is 13.1. The van der Waals surface area contributed by atoms with Crippen molar-refractivity contribution >= 4 is 49.1 Å². The summed E-state index contributed by atoms with van der Waals surface area (Å²) >= 11 is 0. The zero-order chi connectivity index (χ0) is 32.9. The number of halogens is 3. The Kier molecular flexibility index (Phi) is 14.0. The van der Waals surface area contributed by atoms with E-state index in [2.05, 4.69) is 0 Å². The molecule has 2 aliphatic heterocycles. The average Bonchev–Trinajstić information content (AvgIpc) is 3.49. The molecular weight excluding hydrogens is 735 g/mol. The quantitative estimate of drug-likeness (QED) is 0.0833. The fraction of sp³-hybridized carbons (Fsp3) is 0.314. The number of ether oxygens (including phenoxy) is 4. The van der Waals surface area contributed by atoms with Crippen molar-refractivity contribution in [2.45, 2.75) is 59.5 Å². The van der Waals surface area contributed by atoms with Crippen molar-refractivity contribution in [3.05, 3.63) is 108 Å². The molecule has 48 heavy (non-hydrogen) atoms. The highest BCUT2D eigenvalue weighted by atomic mass is 127. The van der Waals surface area contributed by atoms with Gasteiger partial charge in [-0.05, 0) is 123 Å². The van der Waals surface area contributed by atoms with E-state index < -0.39 is 25.4 Å². The lowest BCUT2D eigenvalue weighted by Crippen LogP contribution is -2.41. The molecule has 13 heteroatoms. The molecule has 0 aliphatic carbocycles. The van der Waals surface area contributed by atoms with E-state index in [0.717, 1.165) is 22.1 Å². The van der Waals surface area contributed by atoms with Crippen molar-refractivity contribution in [3.8, 4) is 23.0 Å². The van der Waals surface area contributed by atoms with Gasteiger partial charge in [-0.3, -0.25) is 0 Å². The van der Waals surface area contributed by atoms with Crippen LogP contribution in [-0.2, 0) is 36.7 Å². The SMILES string of the molecule is C.COCOCc1cc(Oc2ccc(F)cc2)ccc1B1OC(C)(C)C(C)(C)O1.I.OB1OCc2cc(Oc3ccc(F)cc3)ccc21. The Hall–Kier alpha value is -3.04. The Bertz CT molecular complexity index is 1610. The minimum atomic E-state index is -0.847. The second-order valence-corrected chi connectivity index (χ2v) is 11.8. The van der Waals surface area contributed by atoms with Gasteiger partial charge in [-0.25, -0.2) is 8.78 Å². The first kappa shape index (κ1) is 39.4. The van der Waals surface area contributed by atoms with Crippen LogP contribution in [-0.4, -0.2) is 44.4 Å². The second-order valence-electron chi connectivity index (χ2n) is 11.8. The van der Waals surface area contributed by atoms with E-state index in [1.165, 1.54) is 24.3 Å². The van der Waals surface area contributed by atoms with E-state index in [-0.39, 0.29) is 49.8 Å². The minimum absolute atomic E-state index is 0. The van der Waals surface area contributed by atoms with Gasteiger partial charge in [0, 0.05) is 7.11 Å². The first-order valence-electron chi connectivity index (χ1n) is 14.8. The highest BCUT2D eigenvalue weighted by Crippen LogP contribution is 2.37. The van der Waals surface area contributed by atoms with Crippen molar-refractivity contribution in [3.63, 3.8) is 0 Å². The molecule has 0 atom stereocenters. The molecule has 1 N–H and O–H groups in total. The molecule has 2 heterocycles. The molecule has 4 aromatic rings. The Balaban J connectivity index is 0.000000271. The molecule has 0 spiro atoms. The van der Waals surface area contributed by atoms with Gasteiger partial charge < -0.3 is 37.9 Å². The van der Waals surface area contributed by atoms with Crippen LogP contribution in [0.1, 0.15) is 46.2 Å². The monoisotopic (exact) mass is 776 g/mol. The maximum absolute atomic E-state index is 13.1. The van der Waals surface area contributed by atoms with Crippen molar-refractivity contribution in [2.75, 3.05) is 13.9 Å². The molecule has 1 saturated heterocycles. The summed E-state index contributed by atoms with van der Waals surface area (Å²) in [6.45, 7) is 8.91. The first-order chi connectivity index (χ1) is 21.9. The van der Waals surface area contributed by atoms with Gasteiger partial charge in [0.25, 0.3) is 0 Å². The van der Waals surface area contributed by atoms with Gasteiger partial charge in [0.2, 0.25) is 0 Å². The van der Waals surface area contributed by atoms with Crippen LogP contribution in [0.5, 0.6) is 23.0 Å². The molecule has 256 valence electrons. The fourth-order valence-corrected chi connectivity index (χ4v) is 4.75. The molecule has 8 nitrogen and oxygen atoms in total. The lowest BCUT2D eigenvalue weighted by Gasteiger charge is -2.32. The van der Waals surface area contributed by atoms with Crippen LogP contribution in [0.4, 0.5) is 8.78 Å². The second kappa shape index (κ2) is 17.1. The number of hydrogen-bond donors (Lipinski definition) is 1. The number of methoxy groups -OCH3 is 1. The van der Waals surface area contributed by atoms with Gasteiger partial charge in [0.15, 0.2) is 0 Å². The number of fused-ring (bicyclic) bond motifs is 1. The molecule has 2 aliphatic rings. The smallest absolute Gasteiger partial charge is 0.457 e. The van der Waals surface area contributed by atoms with Crippen LogP contribution in [0.3, 0.4) is 0 Å². The van der Waals surface area contributed by atoms with Crippen LogP contribution in [0, 0.1) is 11.6 Å². The lowest BCUT2D eigenvalue weighted by atomic mass is 9.76. The van der Waals surface area contributed by atoms with E-state index >= 15 is 0 Å². The molecular formula is C35H41B2F2IO8. The third-order valence-corrected chi connectivity index (χ3v) is 7.96. The zero-order valence-electron chi connectivity index (χ0n) is 26.8. The molecule has 0 bridgehead atoms. The minimum Gasteiger partial charge on any atom is -0.457 e. The van der Waals surface area contributed by atoms with Gasteiger partial charge >= 0.3 is 14.2 Å². The standard InChI is InChI=1S/C21H26BFO5.C13H10BFO3.CH4.HI/c1-20(2)21(3,4)28-22(27-20)19-11-10-18(12-15(19)13-25-14-24-5)26-17-8-6-16(23)7-9-17;15-10-1-3-11(4-2-10)18-12-5-6-13-9(7-12)8-17-14(13)16;;/h6-12H,13-14H2,1-5H3;1-7,16H,8H2;1H4;1H. The van der Waals surface area contributed by atoms with E-state index in [0.29, 0.717) is 36.2 Å². The Morgan fingerprint density at radius 2 is 1.21 bits per heavy atom. The molecule has 0 radical (unpaired) electrons. The van der Waals surface area contributed by atoms with Gasteiger partial charge in [-0.1, -0.05) is 19.6 Å². The van der Waals surface area contributed by atoms with Gasteiger partial charge in [-0.15, -0.1) is 24.0 Å². The predicted molar refractivity (Wildman–Crippen MR) is 193 cm³/mol. The van der Waals surface area contributed by atoms with Gasteiger partial charge in [-0.2, -0.15) is 0 Å². The van der Waals surface area contributed by atoms with Crippen LogP contribution < -0.4 is 20.4 Å². The lowest BCUT2D eigenvalue weighted by molar-refractivity contribution is -0.0389. The molecule has 0 unspecified atom stereocenters. The fourth-order valence-electron chi connectivity index (χ4n) is 4.75. The number of rotatable bonds is 9. The summed E-state index contributed by atoms with van der Waals surface area (Å²) in [7, 11) is 0.217. The van der Waals surface area contributed by atoms with Crippen LogP contribution in [0.2, 0.25) is 0 Å². The summed E-state index contributed by atoms with van der Waals surface area (Å²) in [5, 5.41) is 9.49. The summed E-state index contributed by atoms with van der Waals surface area (Å²) in [5.74, 6) is 1.76. The molecule has 6 rings (SSSR count). The van der Waals surface area contributed by atoms with E-state index in [4.69, 9.17) is 32.9 Å². The van der Waals surface area contributed by atoms with Crippen molar-refractivity contribution in [2.24, 2.45) is 0 Å². The van der Waals surface area contributed by atoms with Crippen molar-refractivity contribution in [1.29, 1.82) is 0 Å². The predicted octanol–water partition coefficient (Wildman–Crippen LogP) is 7.13. The molecule has 0 aromatic heterocycles. The zero-order valence-corrected chi connectivity index (χ0v) is 29.2. The van der Waals surface area contributed by atoms with Gasteiger partial charge in [0.1, 0.15) is 41.4 Å². The summed E-state index contributed by atoms with van der Waals surface area (Å²) in [5.41, 5.74) is 2.54. The third-order valence-electron chi connectivity index (χ3n) is 7.96. The summed E-state index contributed by atoms with van der Waals surface area (Å²) in [6.07, 6.45) is 0. The number of benzene rings is 4. The summed E-state index contributed by atoms with van der Waals surface area (Å²) < 4.78 is 65.3. The topological polar surface area (TPSA) is 84.8 Å². The summed E-state index contributed by atoms with van der Waals surface area (Å²) in [4.78, 5) is 0. The molecule has 4 aromatic carbocycles. The molecule has 1 fully saturated rings. The largest absolute Gasteiger partial charge is 0.495 e. The average molecular weight is 776 g/mol. The van der Waals surface area contributed by atoms with Crippen molar-refractivity contribution < 1.29 is 46.7 Å². The van der Waals surface area contributed by atoms with Gasteiger partial charge in [0.05, 0.1) is 24.4 Å². The van der Waals surface area contributed by atoms with Crippen LogP contribution in [0.15, 0.2) is 84.9 Å². The number of hydrogen-bond acceptors (Lipinski definition) is 8. The van der Waals surface area contributed by atoms with Crippen LogP contribution in [0.25, 0.3) is 0 Å². The maximum Gasteiger partial charge on any atom is 0.495 e. The third kappa shape index (κ3) is 9.78. The Morgan fingerprint density at radius 1 is 0.729 bits per heavy atom. The highest BCUT2D eigenvalue weighted by Gasteiger charge is 2.52. The normalized spacial score (nSPS) is 15.4. The Morgan fingerprint density at radius 3 is 1.73 bits per heavy atom.